The van der Waals surface area contributed by atoms with Gasteiger partial charge in [0.1, 0.15) is 14.7 Å². The number of sulfone groups is 1. The minimum Gasteiger partial charge on any atom is -0.352 e. The fourth-order valence-electron chi connectivity index (χ4n) is 6.53. The Hall–Kier alpha value is -6.44. The van der Waals surface area contributed by atoms with Crippen LogP contribution in [-0.2, 0) is 58.4 Å². The maximum Gasteiger partial charge on any atom is 0.410 e. The minimum absolute atomic E-state index is 0.0000149. The molecule has 27 nitrogen and oxygen atoms in total. The number of azo groups is 1. The Balaban J connectivity index is 1.08. The number of nitrogens with one attached hydrogen (secondary N) is 4. The molecule has 0 spiro atoms. The van der Waals surface area contributed by atoms with E-state index in [0.717, 1.165) is 30.3 Å². The summed E-state index contributed by atoms with van der Waals surface area (Å²) in [5.41, 5.74) is -0.177. The maximum atomic E-state index is 14.5. The van der Waals surface area contributed by atoms with E-state index in [-0.39, 0.29) is 84.8 Å². The maximum absolute atomic E-state index is 14.5. The summed E-state index contributed by atoms with van der Waals surface area (Å²) in [5, 5.41) is 18.4. The first-order valence-electron chi connectivity index (χ1n) is 19.6. The summed E-state index contributed by atoms with van der Waals surface area (Å²) < 4.78 is 175. The van der Waals surface area contributed by atoms with Crippen LogP contribution in [0.2, 0.25) is 5.28 Å². The van der Waals surface area contributed by atoms with Crippen LogP contribution in [0, 0.1) is 6.08 Å². The molecule has 0 amide bonds. The zero-order valence-electron chi connectivity index (χ0n) is 35.8. The Morgan fingerprint density at radius 1 is 0.681 bits per heavy atom. The molecule has 2 aromatic heterocycles. The van der Waals surface area contributed by atoms with Crippen LogP contribution in [-0.4, -0.2) is 111 Å². The van der Waals surface area contributed by atoms with Gasteiger partial charge in [-0.05, 0) is 92.1 Å². The van der Waals surface area contributed by atoms with E-state index in [9.17, 15) is 60.1 Å². The Bertz CT molecular complexity index is 3890. The number of fused-ring (bicyclic) bond motifs is 2. The minimum atomic E-state index is -5.00. The van der Waals surface area contributed by atoms with Gasteiger partial charge in [0.2, 0.25) is 29.1 Å². The summed E-state index contributed by atoms with van der Waals surface area (Å²) in [6.45, 7) is 0.900. The lowest BCUT2D eigenvalue weighted by Crippen LogP contribution is -2.27. The van der Waals surface area contributed by atoms with Crippen molar-refractivity contribution in [3.05, 3.63) is 96.3 Å². The Morgan fingerprint density at radius 3 is 1.96 bits per heavy atom. The predicted octanol–water partition coefficient (Wildman–Crippen LogP) is 5.61. The highest BCUT2D eigenvalue weighted by Crippen LogP contribution is 2.39. The number of nitrogens with zero attached hydrogens (tertiary/aromatic N) is 8. The van der Waals surface area contributed by atoms with Gasteiger partial charge >= 0.3 is 16.5 Å². The largest absolute Gasteiger partial charge is 0.410 e. The van der Waals surface area contributed by atoms with E-state index in [1.807, 2.05) is 0 Å². The van der Waals surface area contributed by atoms with E-state index < -0.39 is 89.8 Å². The molecule has 72 heavy (non-hydrogen) atoms. The SMILES string of the molecule is CC(CNc1nc(Cl)nc(Nc2ccc(N=Nc3cc(S(=O)(=O)O)c4cccc(S(=O)(=O)O)c4c3)c3cccc(S(=O)(=O)O)c23)n1)Nc1nc(F)nc(Nc2ccc(S(=O)(=O)CCOS(=O)(=O)OS)cc2)n1. The van der Waals surface area contributed by atoms with Crippen LogP contribution in [0.15, 0.2) is 115 Å². The van der Waals surface area contributed by atoms with E-state index in [0.29, 0.717) is 0 Å². The molecule has 7 aromatic rings. The van der Waals surface area contributed by atoms with Gasteiger partial charge in [-0.2, -0.15) is 76.7 Å². The number of hydrogen-bond donors (Lipinski definition) is 8. The van der Waals surface area contributed by atoms with Gasteiger partial charge in [-0.1, -0.05) is 24.3 Å². The third-order valence-corrected chi connectivity index (χ3v) is 15.3. The molecule has 0 bridgehead atoms. The molecule has 35 heteroatoms. The lowest BCUT2D eigenvalue weighted by molar-refractivity contribution is 0.299. The molecule has 0 radical (unpaired) electrons. The lowest BCUT2D eigenvalue weighted by Gasteiger charge is -2.16. The molecule has 2 heterocycles. The third kappa shape index (κ3) is 13.1. The number of halogens is 2. The first-order chi connectivity index (χ1) is 33.7. The predicted molar refractivity (Wildman–Crippen MR) is 258 cm³/mol. The monoisotopic (exact) mass is 1130 g/mol. The Labute approximate surface area is 417 Å². The van der Waals surface area contributed by atoms with Crippen LogP contribution in [0.5, 0.6) is 0 Å². The van der Waals surface area contributed by atoms with Crippen molar-refractivity contribution >= 4 is 143 Å². The van der Waals surface area contributed by atoms with Gasteiger partial charge in [-0.25, -0.2) is 12.6 Å². The number of benzene rings is 5. The molecule has 380 valence electrons. The number of rotatable bonds is 20. The summed E-state index contributed by atoms with van der Waals surface area (Å²) in [6, 6.07) is 16.1. The Kier molecular flexibility index (Phi) is 15.5. The van der Waals surface area contributed by atoms with Gasteiger partial charge in [-0.15, -0.1) is 5.11 Å². The molecule has 1 atom stereocenters. The van der Waals surface area contributed by atoms with Crippen molar-refractivity contribution in [3.63, 3.8) is 0 Å². The van der Waals surface area contributed by atoms with Gasteiger partial charge < -0.3 is 21.3 Å². The number of hydrogen-bond acceptors (Lipinski definition) is 25. The van der Waals surface area contributed by atoms with E-state index in [1.54, 1.807) is 6.92 Å². The summed E-state index contributed by atoms with van der Waals surface area (Å²) in [4.78, 5) is 21.5. The van der Waals surface area contributed by atoms with Crippen molar-refractivity contribution in [2.75, 3.05) is 40.2 Å². The van der Waals surface area contributed by atoms with Crippen molar-refractivity contribution < 1.29 is 68.0 Å². The molecular weight excluding hydrogens is 1100 g/mol. The average Bonchev–Trinajstić information content (AvgIpc) is 3.28. The van der Waals surface area contributed by atoms with Crippen molar-refractivity contribution in [2.24, 2.45) is 10.2 Å². The topological polar surface area (TPSA) is 400 Å². The molecule has 1 unspecified atom stereocenters. The first-order valence-corrected chi connectivity index (χ1v) is 27.6. The summed E-state index contributed by atoms with van der Waals surface area (Å²) >= 11 is 9.34. The highest BCUT2D eigenvalue weighted by molar-refractivity contribution is 7.93. The zero-order chi connectivity index (χ0) is 52.4. The van der Waals surface area contributed by atoms with E-state index >= 15 is 0 Å². The third-order valence-electron chi connectivity index (χ3n) is 9.53. The van der Waals surface area contributed by atoms with Crippen LogP contribution in [0.3, 0.4) is 0 Å². The molecule has 0 fully saturated rings. The fraction of sp³-hybridized carbons (Fsp3) is 0.135. The number of thiol groups is 1. The Morgan fingerprint density at radius 2 is 1.29 bits per heavy atom. The van der Waals surface area contributed by atoms with Crippen molar-refractivity contribution in [1.82, 2.24) is 29.9 Å². The summed E-state index contributed by atoms with van der Waals surface area (Å²) in [7, 11) is -23.3. The number of anilines is 6. The molecule has 0 aliphatic rings. The van der Waals surface area contributed by atoms with Gasteiger partial charge in [0.25, 0.3) is 30.4 Å². The molecule has 7 rings (SSSR count). The molecule has 0 saturated heterocycles. The fourth-order valence-corrected chi connectivity index (χ4v) is 10.5. The molecule has 5 aromatic carbocycles. The molecule has 0 aliphatic carbocycles. The molecule has 7 N–H and O–H groups in total. The average molecular weight is 1130 g/mol. The van der Waals surface area contributed by atoms with Crippen molar-refractivity contribution in [2.45, 2.75) is 32.5 Å². The smallest absolute Gasteiger partial charge is 0.352 e. The van der Waals surface area contributed by atoms with Crippen LogP contribution in [0.4, 0.5) is 50.9 Å². The van der Waals surface area contributed by atoms with Crippen LogP contribution < -0.4 is 21.3 Å². The second kappa shape index (κ2) is 21.0. The van der Waals surface area contributed by atoms with Gasteiger partial charge in [0, 0.05) is 39.8 Å². The first kappa shape index (κ1) is 53.4. The summed E-state index contributed by atoms with van der Waals surface area (Å²) in [5.74, 6) is -1.58. The van der Waals surface area contributed by atoms with Crippen molar-refractivity contribution in [1.29, 1.82) is 0 Å². The summed E-state index contributed by atoms with van der Waals surface area (Å²) in [6.07, 6.45) is -1.19. The lowest BCUT2D eigenvalue weighted by atomic mass is 10.1. The second-order valence-corrected chi connectivity index (χ2v) is 22.8. The van der Waals surface area contributed by atoms with E-state index in [4.69, 9.17) is 11.6 Å². The highest BCUT2D eigenvalue weighted by atomic mass is 35.5. The van der Waals surface area contributed by atoms with Crippen LogP contribution in [0.25, 0.3) is 21.5 Å². The normalized spacial score (nSPS) is 13.1. The zero-order valence-corrected chi connectivity index (χ0v) is 41.6. The van der Waals surface area contributed by atoms with Crippen LogP contribution in [0.1, 0.15) is 6.92 Å². The van der Waals surface area contributed by atoms with Gasteiger partial charge in [-0.3, -0.25) is 13.7 Å². The van der Waals surface area contributed by atoms with Gasteiger partial charge in [0.15, 0.2) is 9.84 Å². The van der Waals surface area contributed by atoms with Gasteiger partial charge in [0.05, 0.1) is 34.3 Å². The number of aromatic nitrogens is 6. The van der Waals surface area contributed by atoms with Crippen LogP contribution >= 0.6 is 24.5 Å². The second-order valence-electron chi connectivity index (χ2n) is 14.6. The highest BCUT2D eigenvalue weighted by Gasteiger charge is 2.24. The molecule has 0 aliphatic heterocycles. The van der Waals surface area contributed by atoms with E-state index in [2.05, 4.69) is 82.1 Å². The molecular formula is C37H32ClFN12O15S6. The van der Waals surface area contributed by atoms with E-state index in [1.165, 1.54) is 54.6 Å². The van der Waals surface area contributed by atoms with Crippen molar-refractivity contribution in [3.8, 4) is 0 Å². The quantitative estimate of drug-likeness (QED) is 0.0199. The molecule has 0 saturated carbocycles. The standard InChI is InChI=1S/C37H32ClFN12O15S6/c1-19(41-35-46-33(39)47-36(49-35)42-20-8-10-22(11-9-20)68(52,53)15-14-65-72(63,64)66-67)18-40-34-44-32(38)45-37(48-34)43-27-13-12-26(24-5-3-7-29(31(24)27)70(57,58)59)51-50-21-16-25-23(30(17-21)71(60,61)62)4-2-6-28(25)69(54,55)56/h2-13,16-17,19,67H,14-15,18H2,1H3,(H,54,55,56)(H,57,58,59)(H,60,61,62)(H2,40,43,44,45,48)(H2,41,42,46,47,49).